The lowest BCUT2D eigenvalue weighted by Crippen LogP contribution is -1.96. The number of fused-ring (bicyclic) bond motifs is 1. The Morgan fingerprint density at radius 1 is 1.33 bits per heavy atom. The van der Waals surface area contributed by atoms with Gasteiger partial charge in [-0.05, 0) is 6.92 Å². The average molecular weight is 165 g/mol. The maximum atomic E-state index is 3.95. The average Bonchev–Trinajstić information content (AvgIpc) is 2.53. The maximum Gasteiger partial charge on any atom is 0.270 e. The molecule has 2 aromatic rings. The number of nitrogens with zero attached hydrogens (tertiary/aromatic N) is 5. The quantitative estimate of drug-likeness (QED) is 0.580. The van der Waals surface area contributed by atoms with Crippen LogP contribution in [-0.2, 0) is 0 Å². The predicted octanol–water partition coefficient (Wildman–Crippen LogP) is 0.854. The number of imidazole rings is 1. The number of hydrogen-bond donors (Lipinski definition) is 0. The Balaban J connectivity index is 0.000000336. The molecule has 2 aromatic heterocycles. The second-order valence-electron chi connectivity index (χ2n) is 1.96. The number of aryl methyl sites for hydroxylation is 1. The van der Waals surface area contributed by atoms with Gasteiger partial charge in [0.25, 0.3) is 5.78 Å². The van der Waals surface area contributed by atoms with Gasteiger partial charge in [0, 0.05) is 0 Å². The first-order valence-corrected chi connectivity index (χ1v) is 3.86. The van der Waals surface area contributed by atoms with E-state index in [1.54, 1.807) is 10.7 Å². The van der Waals surface area contributed by atoms with Crippen LogP contribution in [0.4, 0.5) is 0 Å². The summed E-state index contributed by atoms with van der Waals surface area (Å²) in [5.41, 5.74) is 0.963. The summed E-state index contributed by atoms with van der Waals surface area (Å²) in [6.45, 7) is 5.91. The Morgan fingerprint density at radius 3 is 2.75 bits per heavy atom. The third kappa shape index (κ3) is 1.39. The molecule has 0 fully saturated rings. The van der Waals surface area contributed by atoms with Gasteiger partial charge in [0.1, 0.15) is 0 Å². The molecule has 5 nitrogen and oxygen atoms in total. The Labute approximate surface area is 70.5 Å². The molecule has 0 bridgehead atoms. The zero-order chi connectivity index (χ0) is 8.97. The minimum Gasteiger partial charge on any atom is -0.216 e. The standard InChI is InChI=1S/C5H5N5.C2H6/c1-4-2-6-5-9-7-3-8-10(4)5;1-2/h2-3H,1H3;1-2H3. The van der Waals surface area contributed by atoms with Crippen molar-refractivity contribution in [2.75, 3.05) is 0 Å². The molecule has 64 valence electrons. The van der Waals surface area contributed by atoms with Crippen LogP contribution >= 0.6 is 0 Å². The molecule has 0 radical (unpaired) electrons. The van der Waals surface area contributed by atoms with E-state index < -0.39 is 0 Å². The first-order valence-electron chi connectivity index (χ1n) is 3.86. The normalized spacial score (nSPS) is 9.25. The van der Waals surface area contributed by atoms with E-state index in [1.165, 1.54) is 6.33 Å². The Morgan fingerprint density at radius 2 is 2.08 bits per heavy atom. The lowest BCUT2D eigenvalue weighted by atomic mass is 10.6. The van der Waals surface area contributed by atoms with Crippen molar-refractivity contribution in [2.45, 2.75) is 20.8 Å². The van der Waals surface area contributed by atoms with Crippen molar-refractivity contribution < 1.29 is 0 Å². The summed E-state index contributed by atoms with van der Waals surface area (Å²) in [5.74, 6) is 0.542. The number of aromatic nitrogens is 5. The smallest absolute Gasteiger partial charge is 0.216 e. The van der Waals surface area contributed by atoms with Crippen molar-refractivity contribution in [1.82, 2.24) is 24.8 Å². The minimum absolute atomic E-state index is 0.542. The van der Waals surface area contributed by atoms with Gasteiger partial charge >= 0.3 is 0 Å². The van der Waals surface area contributed by atoms with Gasteiger partial charge in [-0.15, -0.1) is 10.2 Å². The van der Waals surface area contributed by atoms with E-state index >= 15 is 0 Å². The monoisotopic (exact) mass is 165 g/mol. The second-order valence-corrected chi connectivity index (χ2v) is 1.96. The highest BCUT2D eigenvalue weighted by Crippen LogP contribution is 1.95. The molecule has 0 aliphatic carbocycles. The molecule has 5 heteroatoms. The van der Waals surface area contributed by atoms with E-state index in [4.69, 9.17) is 0 Å². The van der Waals surface area contributed by atoms with Gasteiger partial charge in [-0.3, -0.25) is 0 Å². The van der Waals surface area contributed by atoms with Gasteiger partial charge in [0.15, 0.2) is 6.33 Å². The SMILES string of the molecule is CC.Cc1cnc2nncnn12. The summed E-state index contributed by atoms with van der Waals surface area (Å²) in [6.07, 6.45) is 3.10. The molecule has 0 atom stereocenters. The molecule has 0 N–H and O–H groups in total. The zero-order valence-corrected chi connectivity index (χ0v) is 7.39. The van der Waals surface area contributed by atoms with Crippen molar-refractivity contribution >= 4 is 5.78 Å². The van der Waals surface area contributed by atoms with E-state index in [1.807, 2.05) is 20.8 Å². The number of hydrogen-bond acceptors (Lipinski definition) is 4. The van der Waals surface area contributed by atoms with Crippen molar-refractivity contribution in [1.29, 1.82) is 0 Å². The molecule has 2 heterocycles. The highest BCUT2D eigenvalue weighted by molar-refractivity contribution is 5.25. The molecule has 0 spiro atoms. The van der Waals surface area contributed by atoms with Gasteiger partial charge < -0.3 is 0 Å². The van der Waals surface area contributed by atoms with Crippen LogP contribution in [-0.4, -0.2) is 24.8 Å². The molecular formula is C7H11N5. The molecule has 0 saturated carbocycles. The van der Waals surface area contributed by atoms with Crippen LogP contribution in [0.2, 0.25) is 0 Å². The molecule has 0 amide bonds. The maximum absolute atomic E-state index is 3.95. The predicted molar refractivity (Wildman–Crippen MR) is 44.7 cm³/mol. The third-order valence-electron chi connectivity index (χ3n) is 1.26. The first-order chi connectivity index (χ1) is 5.88. The first kappa shape index (κ1) is 8.58. The fourth-order valence-electron chi connectivity index (χ4n) is 0.781. The molecule has 0 aromatic carbocycles. The van der Waals surface area contributed by atoms with Crippen molar-refractivity contribution in [3.63, 3.8) is 0 Å². The summed E-state index contributed by atoms with van der Waals surface area (Å²) in [7, 11) is 0. The van der Waals surface area contributed by atoms with Gasteiger partial charge in [-0.25, -0.2) is 4.98 Å². The van der Waals surface area contributed by atoms with Gasteiger partial charge in [0.2, 0.25) is 0 Å². The van der Waals surface area contributed by atoms with Crippen LogP contribution in [0.1, 0.15) is 19.5 Å². The van der Waals surface area contributed by atoms with E-state index in [9.17, 15) is 0 Å². The van der Waals surface area contributed by atoms with E-state index in [0.717, 1.165) is 5.69 Å². The molecule has 12 heavy (non-hydrogen) atoms. The molecule has 0 aliphatic rings. The van der Waals surface area contributed by atoms with E-state index in [-0.39, 0.29) is 0 Å². The van der Waals surface area contributed by atoms with Gasteiger partial charge in [-0.1, -0.05) is 13.8 Å². The molecule has 0 aliphatic heterocycles. The molecule has 2 rings (SSSR count). The van der Waals surface area contributed by atoms with Gasteiger partial charge in [0.05, 0.1) is 11.9 Å². The molecule has 0 saturated heterocycles. The van der Waals surface area contributed by atoms with Crippen LogP contribution < -0.4 is 0 Å². The Bertz CT molecular complexity index is 353. The van der Waals surface area contributed by atoms with Crippen molar-refractivity contribution in [3.8, 4) is 0 Å². The van der Waals surface area contributed by atoms with Crippen LogP contribution in [0.25, 0.3) is 5.78 Å². The molecular weight excluding hydrogens is 154 g/mol. The Kier molecular flexibility index (Phi) is 2.68. The number of rotatable bonds is 0. The highest BCUT2D eigenvalue weighted by Gasteiger charge is 1.97. The zero-order valence-electron chi connectivity index (χ0n) is 7.39. The van der Waals surface area contributed by atoms with E-state index in [0.29, 0.717) is 5.78 Å². The fraction of sp³-hybridized carbons (Fsp3) is 0.429. The lowest BCUT2D eigenvalue weighted by Gasteiger charge is -1.88. The van der Waals surface area contributed by atoms with Crippen LogP contribution in [0.3, 0.4) is 0 Å². The highest BCUT2D eigenvalue weighted by atomic mass is 15.4. The summed E-state index contributed by atoms with van der Waals surface area (Å²) in [6, 6.07) is 0. The van der Waals surface area contributed by atoms with E-state index in [2.05, 4.69) is 20.3 Å². The minimum atomic E-state index is 0.542. The topological polar surface area (TPSA) is 56.0 Å². The largest absolute Gasteiger partial charge is 0.270 e. The van der Waals surface area contributed by atoms with Crippen molar-refractivity contribution in [2.24, 2.45) is 0 Å². The summed E-state index contributed by atoms with van der Waals surface area (Å²) < 4.78 is 1.63. The van der Waals surface area contributed by atoms with Crippen LogP contribution in [0.15, 0.2) is 12.5 Å². The Hall–Kier alpha value is -1.52. The third-order valence-corrected chi connectivity index (χ3v) is 1.26. The second kappa shape index (κ2) is 3.75. The summed E-state index contributed by atoms with van der Waals surface area (Å²) in [5, 5.41) is 11.2. The summed E-state index contributed by atoms with van der Waals surface area (Å²) >= 11 is 0. The fourth-order valence-corrected chi connectivity index (χ4v) is 0.781. The summed E-state index contributed by atoms with van der Waals surface area (Å²) in [4.78, 5) is 3.95. The van der Waals surface area contributed by atoms with Crippen molar-refractivity contribution in [3.05, 3.63) is 18.2 Å². The lowest BCUT2D eigenvalue weighted by molar-refractivity contribution is 0.807. The van der Waals surface area contributed by atoms with Crippen LogP contribution in [0, 0.1) is 6.92 Å². The molecule has 0 unspecified atom stereocenters. The van der Waals surface area contributed by atoms with Crippen LogP contribution in [0.5, 0.6) is 0 Å². The van der Waals surface area contributed by atoms with Gasteiger partial charge in [-0.2, -0.15) is 9.61 Å².